The van der Waals surface area contributed by atoms with Crippen molar-refractivity contribution in [2.24, 2.45) is 5.73 Å². The van der Waals surface area contributed by atoms with Gasteiger partial charge >= 0.3 is 0 Å². The molecule has 2 nitrogen and oxygen atoms in total. The predicted molar refractivity (Wildman–Crippen MR) is 78.3 cm³/mol. The molecular formula is C15H18ClNO. The van der Waals surface area contributed by atoms with E-state index in [4.69, 9.17) is 10.5 Å². The summed E-state index contributed by atoms with van der Waals surface area (Å²) >= 11 is 0. The van der Waals surface area contributed by atoms with Gasteiger partial charge in [0.25, 0.3) is 0 Å². The van der Waals surface area contributed by atoms with Gasteiger partial charge in [0.1, 0.15) is 5.75 Å². The van der Waals surface area contributed by atoms with Crippen molar-refractivity contribution in [3.63, 3.8) is 0 Å². The van der Waals surface area contributed by atoms with Gasteiger partial charge in [-0.1, -0.05) is 30.3 Å². The normalized spacial score (nSPS) is 11.5. The van der Waals surface area contributed by atoms with E-state index in [2.05, 4.69) is 30.3 Å². The van der Waals surface area contributed by atoms with Gasteiger partial charge in [-0.2, -0.15) is 0 Å². The van der Waals surface area contributed by atoms with E-state index in [0.29, 0.717) is 0 Å². The number of nitrogens with two attached hydrogens (primary N) is 1. The van der Waals surface area contributed by atoms with Gasteiger partial charge in [0.05, 0.1) is 7.11 Å². The maximum atomic E-state index is 5.89. The summed E-state index contributed by atoms with van der Waals surface area (Å²) in [6.45, 7) is 1.99. The summed E-state index contributed by atoms with van der Waals surface area (Å²) in [6.07, 6.45) is 0. The van der Waals surface area contributed by atoms with Gasteiger partial charge in [-0.05, 0) is 41.8 Å². The molecule has 18 heavy (non-hydrogen) atoms. The highest BCUT2D eigenvalue weighted by atomic mass is 35.5. The van der Waals surface area contributed by atoms with Crippen molar-refractivity contribution < 1.29 is 4.74 Å². The molecule has 0 bridgehead atoms. The number of ether oxygens (including phenoxy) is 1. The summed E-state index contributed by atoms with van der Waals surface area (Å²) in [6, 6.07) is 16.4. The summed E-state index contributed by atoms with van der Waals surface area (Å²) in [5.41, 5.74) is 9.39. The molecule has 0 amide bonds. The molecule has 1 atom stereocenters. The number of methoxy groups -OCH3 is 1. The molecule has 0 unspecified atom stereocenters. The number of benzene rings is 2. The van der Waals surface area contributed by atoms with Crippen LogP contribution in [-0.2, 0) is 0 Å². The molecule has 0 aliphatic heterocycles. The van der Waals surface area contributed by atoms with Gasteiger partial charge in [0.15, 0.2) is 0 Å². The Morgan fingerprint density at radius 3 is 2.22 bits per heavy atom. The van der Waals surface area contributed by atoms with E-state index < -0.39 is 0 Å². The van der Waals surface area contributed by atoms with Gasteiger partial charge in [0, 0.05) is 6.04 Å². The Morgan fingerprint density at radius 2 is 1.67 bits per heavy atom. The number of rotatable bonds is 3. The van der Waals surface area contributed by atoms with Crippen LogP contribution in [0, 0.1) is 0 Å². The van der Waals surface area contributed by atoms with Crippen molar-refractivity contribution in [2.45, 2.75) is 13.0 Å². The first-order chi connectivity index (χ1) is 8.20. The summed E-state index contributed by atoms with van der Waals surface area (Å²) in [5.74, 6) is 0.872. The quantitative estimate of drug-likeness (QED) is 0.914. The van der Waals surface area contributed by atoms with Crippen LogP contribution in [0.3, 0.4) is 0 Å². The SMILES string of the molecule is COc1ccc(-c2cccc([C@H](C)N)c2)cc1.Cl. The Balaban J connectivity index is 0.00000162. The van der Waals surface area contributed by atoms with E-state index in [1.54, 1.807) is 7.11 Å². The summed E-state index contributed by atoms with van der Waals surface area (Å²) in [4.78, 5) is 0. The summed E-state index contributed by atoms with van der Waals surface area (Å²) < 4.78 is 5.15. The molecule has 0 saturated carbocycles. The van der Waals surface area contributed by atoms with Crippen LogP contribution in [0.15, 0.2) is 48.5 Å². The molecule has 2 aromatic rings. The van der Waals surface area contributed by atoms with Crippen LogP contribution in [0.1, 0.15) is 18.5 Å². The van der Waals surface area contributed by atoms with Crippen LogP contribution in [0.4, 0.5) is 0 Å². The number of hydrogen-bond donors (Lipinski definition) is 1. The molecule has 0 aliphatic carbocycles. The van der Waals surface area contributed by atoms with Crippen LogP contribution in [-0.4, -0.2) is 7.11 Å². The van der Waals surface area contributed by atoms with Gasteiger partial charge < -0.3 is 10.5 Å². The first-order valence-electron chi connectivity index (χ1n) is 5.70. The average molecular weight is 264 g/mol. The van der Waals surface area contributed by atoms with E-state index in [1.165, 1.54) is 11.1 Å². The standard InChI is InChI=1S/C15H17NO.ClH/c1-11(16)13-4-3-5-14(10-13)12-6-8-15(17-2)9-7-12;/h3-11H,16H2,1-2H3;1H/t11-;/m0./s1. The number of hydrogen-bond acceptors (Lipinski definition) is 2. The summed E-state index contributed by atoms with van der Waals surface area (Å²) in [5, 5.41) is 0. The Labute approximate surface area is 114 Å². The van der Waals surface area contributed by atoms with Gasteiger partial charge in [0.2, 0.25) is 0 Å². The molecule has 0 saturated heterocycles. The molecule has 0 fully saturated rings. The Kier molecular flexibility index (Phi) is 5.20. The van der Waals surface area contributed by atoms with Gasteiger partial charge in [-0.3, -0.25) is 0 Å². The van der Waals surface area contributed by atoms with Crippen LogP contribution in [0.25, 0.3) is 11.1 Å². The molecule has 2 aromatic carbocycles. The highest BCUT2D eigenvalue weighted by Gasteiger charge is 2.02. The Hall–Kier alpha value is -1.51. The molecule has 0 aromatic heterocycles. The molecule has 2 N–H and O–H groups in total. The molecule has 0 radical (unpaired) electrons. The lowest BCUT2D eigenvalue weighted by atomic mass is 10.0. The molecule has 2 rings (SSSR count). The second-order valence-corrected chi connectivity index (χ2v) is 4.14. The lowest BCUT2D eigenvalue weighted by Gasteiger charge is -2.09. The Morgan fingerprint density at radius 1 is 1.00 bits per heavy atom. The zero-order valence-corrected chi connectivity index (χ0v) is 11.4. The molecule has 0 heterocycles. The van der Waals surface area contributed by atoms with Crippen molar-refractivity contribution in [3.05, 3.63) is 54.1 Å². The monoisotopic (exact) mass is 263 g/mol. The first kappa shape index (κ1) is 14.6. The van der Waals surface area contributed by atoms with E-state index in [-0.39, 0.29) is 18.4 Å². The van der Waals surface area contributed by atoms with Gasteiger partial charge in [-0.25, -0.2) is 0 Å². The van der Waals surface area contributed by atoms with Crippen LogP contribution in [0.5, 0.6) is 5.75 Å². The molecule has 0 spiro atoms. The lowest BCUT2D eigenvalue weighted by molar-refractivity contribution is 0.415. The van der Waals surface area contributed by atoms with Crippen molar-refractivity contribution in [2.75, 3.05) is 7.11 Å². The minimum atomic E-state index is 0. The molecular weight excluding hydrogens is 246 g/mol. The minimum Gasteiger partial charge on any atom is -0.497 e. The zero-order chi connectivity index (χ0) is 12.3. The molecule has 3 heteroatoms. The van der Waals surface area contributed by atoms with E-state index in [9.17, 15) is 0 Å². The highest BCUT2D eigenvalue weighted by Crippen LogP contribution is 2.24. The van der Waals surface area contributed by atoms with Crippen molar-refractivity contribution >= 4 is 12.4 Å². The lowest BCUT2D eigenvalue weighted by Crippen LogP contribution is -2.04. The first-order valence-corrected chi connectivity index (χ1v) is 5.70. The topological polar surface area (TPSA) is 35.2 Å². The minimum absolute atomic E-state index is 0. The fourth-order valence-corrected chi connectivity index (χ4v) is 1.78. The predicted octanol–water partition coefficient (Wildman–Crippen LogP) is 3.80. The second-order valence-electron chi connectivity index (χ2n) is 4.14. The fraction of sp³-hybridized carbons (Fsp3) is 0.200. The maximum absolute atomic E-state index is 5.89. The third-order valence-corrected chi connectivity index (χ3v) is 2.84. The zero-order valence-electron chi connectivity index (χ0n) is 10.6. The van der Waals surface area contributed by atoms with Crippen LogP contribution in [0.2, 0.25) is 0 Å². The third-order valence-electron chi connectivity index (χ3n) is 2.84. The second kappa shape index (κ2) is 6.43. The Bertz CT molecular complexity index is 494. The maximum Gasteiger partial charge on any atom is 0.118 e. The van der Waals surface area contributed by atoms with Crippen LogP contribution < -0.4 is 10.5 Å². The van der Waals surface area contributed by atoms with Crippen LogP contribution >= 0.6 is 12.4 Å². The molecule has 0 aliphatic rings. The largest absolute Gasteiger partial charge is 0.497 e. The van der Waals surface area contributed by atoms with Crippen molar-refractivity contribution in [3.8, 4) is 16.9 Å². The molecule has 96 valence electrons. The van der Waals surface area contributed by atoms with E-state index in [1.807, 2.05) is 25.1 Å². The van der Waals surface area contributed by atoms with E-state index >= 15 is 0 Å². The number of halogens is 1. The van der Waals surface area contributed by atoms with Gasteiger partial charge in [-0.15, -0.1) is 12.4 Å². The van der Waals surface area contributed by atoms with Crippen molar-refractivity contribution in [1.82, 2.24) is 0 Å². The third kappa shape index (κ3) is 3.25. The smallest absolute Gasteiger partial charge is 0.118 e. The fourth-order valence-electron chi connectivity index (χ4n) is 1.78. The summed E-state index contributed by atoms with van der Waals surface area (Å²) in [7, 11) is 1.67. The van der Waals surface area contributed by atoms with Crippen molar-refractivity contribution in [1.29, 1.82) is 0 Å². The highest BCUT2D eigenvalue weighted by molar-refractivity contribution is 5.85. The average Bonchev–Trinajstić information content (AvgIpc) is 2.39. The van der Waals surface area contributed by atoms with E-state index in [0.717, 1.165) is 11.3 Å².